The van der Waals surface area contributed by atoms with Crippen molar-refractivity contribution in [2.24, 2.45) is 0 Å². The average molecular weight is 382 g/mol. The van der Waals surface area contributed by atoms with Gasteiger partial charge in [0, 0.05) is 24.9 Å². The van der Waals surface area contributed by atoms with E-state index in [-0.39, 0.29) is 11.7 Å². The number of nitro groups is 1. The number of hydrogen-bond acceptors (Lipinski definition) is 6. The minimum atomic E-state index is -0.438. The monoisotopic (exact) mass is 382 g/mol. The van der Waals surface area contributed by atoms with Gasteiger partial charge in [0.2, 0.25) is 0 Å². The lowest BCUT2D eigenvalue weighted by atomic mass is 10.1. The Balaban J connectivity index is 1.93. The van der Waals surface area contributed by atoms with E-state index >= 15 is 0 Å². The molecule has 2 heterocycles. The van der Waals surface area contributed by atoms with Crippen LogP contribution in [0.15, 0.2) is 30.5 Å². The first-order valence-corrected chi connectivity index (χ1v) is 9.22. The third-order valence-electron chi connectivity index (χ3n) is 4.62. The second-order valence-corrected chi connectivity index (χ2v) is 6.41. The standard InChI is InChI=1S/C20H22N4O4/c1-4-17-22-19-13(3)16(24(26)27)12-21-20(19)23(17)15-8-6-14(7-9-15)10-11-28-18(25)5-2/h6-9,12H,4-5,10-11H2,1-3H3. The van der Waals surface area contributed by atoms with Crippen LogP contribution in [-0.2, 0) is 22.4 Å². The molecule has 0 spiro atoms. The highest BCUT2D eigenvalue weighted by Crippen LogP contribution is 2.28. The molecule has 0 N–H and O–H groups in total. The van der Waals surface area contributed by atoms with Crippen molar-refractivity contribution < 1.29 is 14.5 Å². The summed E-state index contributed by atoms with van der Waals surface area (Å²) in [6, 6.07) is 7.85. The van der Waals surface area contributed by atoms with Gasteiger partial charge < -0.3 is 4.74 Å². The smallest absolute Gasteiger partial charge is 0.305 e. The van der Waals surface area contributed by atoms with Crippen molar-refractivity contribution in [2.75, 3.05) is 6.61 Å². The summed E-state index contributed by atoms with van der Waals surface area (Å²) in [4.78, 5) is 30.9. The van der Waals surface area contributed by atoms with E-state index < -0.39 is 4.92 Å². The van der Waals surface area contributed by atoms with Crippen LogP contribution in [0.3, 0.4) is 0 Å². The summed E-state index contributed by atoms with van der Waals surface area (Å²) < 4.78 is 7.04. The van der Waals surface area contributed by atoms with E-state index in [2.05, 4.69) is 9.97 Å². The Labute approximate surface area is 162 Å². The van der Waals surface area contributed by atoms with Crippen LogP contribution >= 0.6 is 0 Å². The minimum absolute atomic E-state index is 0.0308. The van der Waals surface area contributed by atoms with Crippen molar-refractivity contribution in [3.8, 4) is 5.69 Å². The molecule has 0 radical (unpaired) electrons. The maximum absolute atomic E-state index is 11.2. The Hall–Kier alpha value is -3.29. The molecule has 3 rings (SSSR count). The van der Waals surface area contributed by atoms with Crippen LogP contribution in [0.25, 0.3) is 16.9 Å². The average Bonchev–Trinajstić information content (AvgIpc) is 3.08. The van der Waals surface area contributed by atoms with Gasteiger partial charge in [-0.3, -0.25) is 19.5 Å². The fraction of sp³-hybridized carbons (Fsp3) is 0.350. The van der Waals surface area contributed by atoms with E-state index in [4.69, 9.17) is 4.74 Å². The molecule has 0 bridgehead atoms. The molecule has 8 heteroatoms. The fourth-order valence-electron chi connectivity index (χ4n) is 3.06. The number of imidazole rings is 1. The van der Waals surface area contributed by atoms with Crippen molar-refractivity contribution in [1.29, 1.82) is 0 Å². The molecule has 0 atom stereocenters. The van der Waals surface area contributed by atoms with Crippen LogP contribution in [0, 0.1) is 17.0 Å². The van der Waals surface area contributed by atoms with E-state index in [1.54, 1.807) is 13.8 Å². The van der Waals surface area contributed by atoms with Crippen LogP contribution in [0.2, 0.25) is 0 Å². The summed E-state index contributed by atoms with van der Waals surface area (Å²) in [5.74, 6) is 0.584. The first kappa shape index (κ1) is 19.5. The zero-order chi connectivity index (χ0) is 20.3. The molecule has 0 amide bonds. The van der Waals surface area contributed by atoms with Gasteiger partial charge in [-0.1, -0.05) is 26.0 Å². The molecule has 1 aromatic carbocycles. The molecule has 3 aromatic rings. The summed E-state index contributed by atoms with van der Waals surface area (Å²) in [7, 11) is 0. The highest BCUT2D eigenvalue weighted by Gasteiger charge is 2.20. The van der Waals surface area contributed by atoms with Crippen molar-refractivity contribution in [3.63, 3.8) is 0 Å². The van der Waals surface area contributed by atoms with Gasteiger partial charge in [0.05, 0.1) is 17.1 Å². The van der Waals surface area contributed by atoms with Crippen LogP contribution in [0.4, 0.5) is 5.69 Å². The summed E-state index contributed by atoms with van der Waals surface area (Å²) in [6.07, 6.45) is 2.96. The fourth-order valence-corrected chi connectivity index (χ4v) is 3.06. The normalized spacial score (nSPS) is 11.0. The molecule has 0 fully saturated rings. The maximum Gasteiger partial charge on any atom is 0.305 e. The number of hydrogen-bond donors (Lipinski definition) is 0. The minimum Gasteiger partial charge on any atom is -0.465 e. The number of carbonyl (C=O) groups is 1. The number of pyridine rings is 1. The zero-order valence-electron chi connectivity index (χ0n) is 16.1. The van der Waals surface area contributed by atoms with E-state index in [1.165, 1.54) is 6.20 Å². The summed E-state index contributed by atoms with van der Waals surface area (Å²) in [6.45, 7) is 5.80. The molecule has 0 aliphatic carbocycles. The Morgan fingerprint density at radius 3 is 2.57 bits per heavy atom. The second-order valence-electron chi connectivity index (χ2n) is 6.41. The van der Waals surface area contributed by atoms with E-state index in [0.29, 0.717) is 42.6 Å². The molecule has 0 saturated carbocycles. The van der Waals surface area contributed by atoms with Gasteiger partial charge in [0.1, 0.15) is 17.5 Å². The topological polar surface area (TPSA) is 100 Å². The predicted molar refractivity (Wildman–Crippen MR) is 105 cm³/mol. The number of ether oxygens (including phenoxy) is 1. The summed E-state index contributed by atoms with van der Waals surface area (Å²) >= 11 is 0. The third kappa shape index (κ3) is 3.71. The van der Waals surface area contributed by atoms with Crippen molar-refractivity contribution in [1.82, 2.24) is 14.5 Å². The SMILES string of the molecule is CCC(=O)OCCc1ccc(-n2c(CC)nc3c(C)c([N+](=O)[O-])cnc32)cc1. The number of nitrogens with zero attached hydrogens (tertiary/aromatic N) is 4. The highest BCUT2D eigenvalue weighted by molar-refractivity contribution is 5.80. The summed E-state index contributed by atoms with van der Waals surface area (Å²) in [5, 5.41) is 11.2. The van der Waals surface area contributed by atoms with Gasteiger partial charge in [0.25, 0.3) is 5.69 Å². The van der Waals surface area contributed by atoms with Crippen LogP contribution < -0.4 is 0 Å². The molecule has 146 valence electrons. The lowest BCUT2D eigenvalue weighted by molar-refractivity contribution is -0.385. The van der Waals surface area contributed by atoms with Gasteiger partial charge in [-0.05, 0) is 24.6 Å². The number of aromatic nitrogens is 3. The largest absolute Gasteiger partial charge is 0.465 e. The molecular formula is C20H22N4O4. The van der Waals surface area contributed by atoms with E-state index in [0.717, 1.165) is 17.1 Å². The van der Waals surface area contributed by atoms with Gasteiger partial charge in [-0.25, -0.2) is 9.97 Å². The predicted octanol–water partition coefficient (Wildman–Crippen LogP) is 3.70. The number of esters is 1. The number of fused-ring (bicyclic) bond motifs is 1. The van der Waals surface area contributed by atoms with Crippen LogP contribution in [-0.4, -0.2) is 32.0 Å². The number of carbonyl (C=O) groups excluding carboxylic acids is 1. The molecule has 0 unspecified atom stereocenters. The van der Waals surface area contributed by atoms with Crippen molar-refractivity contribution >= 4 is 22.8 Å². The van der Waals surface area contributed by atoms with Gasteiger partial charge in [0.15, 0.2) is 5.65 Å². The quantitative estimate of drug-likeness (QED) is 0.351. The van der Waals surface area contributed by atoms with Gasteiger partial charge >= 0.3 is 5.97 Å². The Morgan fingerprint density at radius 2 is 1.96 bits per heavy atom. The molecule has 8 nitrogen and oxygen atoms in total. The third-order valence-corrected chi connectivity index (χ3v) is 4.62. The van der Waals surface area contributed by atoms with Crippen LogP contribution in [0.1, 0.15) is 37.2 Å². The molecule has 28 heavy (non-hydrogen) atoms. The first-order valence-electron chi connectivity index (χ1n) is 9.22. The summed E-state index contributed by atoms with van der Waals surface area (Å²) in [5.41, 5.74) is 3.56. The first-order chi connectivity index (χ1) is 13.5. The Kier molecular flexibility index (Phi) is 5.67. The Bertz CT molecular complexity index is 1020. The molecular weight excluding hydrogens is 360 g/mol. The van der Waals surface area contributed by atoms with Crippen molar-refractivity contribution in [3.05, 3.63) is 57.5 Å². The van der Waals surface area contributed by atoms with Gasteiger partial charge in [-0.2, -0.15) is 0 Å². The van der Waals surface area contributed by atoms with E-state index in [9.17, 15) is 14.9 Å². The van der Waals surface area contributed by atoms with E-state index in [1.807, 2.05) is 35.8 Å². The molecule has 2 aromatic heterocycles. The number of rotatable bonds is 7. The lowest BCUT2D eigenvalue weighted by Gasteiger charge is -2.09. The molecule has 0 aliphatic rings. The zero-order valence-corrected chi connectivity index (χ0v) is 16.1. The highest BCUT2D eigenvalue weighted by atomic mass is 16.6. The number of aryl methyl sites for hydroxylation is 2. The Morgan fingerprint density at radius 1 is 1.25 bits per heavy atom. The number of benzene rings is 1. The van der Waals surface area contributed by atoms with Gasteiger partial charge in [-0.15, -0.1) is 0 Å². The molecule has 0 saturated heterocycles. The lowest BCUT2D eigenvalue weighted by Crippen LogP contribution is -2.06. The van der Waals surface area contributed by atoms with Crippen LogP contribution in [0.5, 0.6) is 0 Å². The van der Waals surface area contributed by atoms with Crippen molar-refractivity contribution in [2.45, 2.75) is 40.0 Å². The maximum atomic E-state index is 11.2. The molecule has 0 aliphatic heterocycles. The second kappa shape index (κ2) is 8.16.